The second-order valence-electron chi connectivity index (χ2n) is 4.26. The third-order valence-electron chi connectivity index (χ3n) is 2.81. The number of hydrogen-bond acceptors (Lipinski definition) is 5. The second-order valence-corrected chi connectivity index (χ2v) is 5.45. The van der Waals surface area contributed by atoms with Crippen LogP contribution in [0.2, 0.25) is 5.28 Å². The van der Waals surface area contributed by atoms with Crippen LogP contribution in [0.4, 0.5) is 11.5 Å². The van der Waals surface area contributed by atoms with Gasteiger partial charge in [-0.3, -0.25) is 4.79 Å². The van der Waals surface area contributed by atoms with Crippen molar-refractivity contribution in [3.63, 3.8) is 0 Å². The first kappa shape index (κ1) is 14.7. The molecule has 0 aliphatic carbocycles. The highest BCUT2D eigenvalue weighted by Crippen LogP contribution is 2.22. The van der Waals surface area contributed by atoms with Gasteiger partial charge < -0.3 is 5.32 Å². The fourth-order valence-corrected chi connectivity index (χ4v) is 2.24. The minimum atomic E-state index is -0.296. The zero-order chi connectivity index (χ0) is 15.5. The number of rotatable bonds is 3. The highest BCUT2D eigenvalue weighted by molar-refractivity contribution is 9.10. The van der Waals surface area contributed by atoms with E-state index in [4.69, 9.17) is 11.6 Å². The van der Waals surface area contributed by atoms with Gasteiger partial charge in [-0.2, -0.15) is 14.8 Å². The maximum atomic E-state index is 12.5. The average Bonchev–Trinajstić information content (AvgIpc) is 2.54. The summed E-state index contributed by atoms with van der Waals surface area (Å²) in [7, 11) is 0. The summed E-state index contributed by atoms with van der Waals surface area (Å²) >= 11 is 9.08. The van der Waals surface area contributed by atoms with E-state index < -0.39 is 0 Å². The first-order valence-corrected chi connectivity index (χ1v) is 7.41. The van der Waals surface area contributed by atoms with Crippen LogP contribution in [0.3, 0.4) is 0 Å². The van der Waals surface area contributed by atoms with Gasteiger partial charge in [0.25, 0.3) is 5.56 Å². The molecule has 0 atom stereocenters. The molecule has 0 bridgehead atoms. The SMILES string of the molecule is O=c1c(Nc2nc(Cl)ncc2Br)ccnn1-c1ccccc1. The molecule has 0 aliphatic rings. The third kappa shape index (κ3) is 3.00. The van der Waals surface area contributed by atoms with Crippen molar-refractivity contribution < 1.29 is 0 Å². The maximum Gasteiger partial charge on any atom is 0.295 e. The van der Waals surface area contributed by atoms with Gasteiger partial charge in [-0.25, -0.2) is 4.98 Å². The Kier molecular flexibility index (Phi) is 4.17. The normalized spacial score (nSPS) is 10.5. The summed E-state index contributed by atoms with van der Waals surface area (Å²) in [4.78, 5) is 20.4. The number of aromatic nitrogens is 4. The van der Waals surface area contributed by atoms with Crippen LogP contribution in [0.1, 0.15) is 0 Å². The van der Waals surface area contributed by atoms with Gasteiger partial charge >= 0.3 is 0 Å². The molecule has 0 saturated carbocycles. The number of anilines is 2. The molecule has 3 aromatic rings. The van der Waals surface area contributed by atoms with Gasteiger partial charge in [-0.05, 0) is 45.7 Å². The molecule has 0 spiro atoms. The molecule has 0 unspecified atom stereocenters. The van der Waals surface area contributed by atoms with Crippen LogP contribution in [-0.4, -0.2) is 19.7 Å². The molecule has 22 heavy (non-hydrogen) atoms. The predicted molar refractivity (Wildman–Crippen MR) is 87.9 cm³/mol. The quantitative estimate of drug-likeness (QED) is 0.709. The Bertz CT molecular complexity index is 869. The molecule has 3 rings (SSSR count). The van der Waals surface area contributed by atoms with Crippen LogP contribution in [0.5, 0.6) is 0 Å². The topological polar surface area (TPSA) is 72.7 Å². The lowest BCUT2D eigenvalue weighted by Crippen LogP contribution is -2.23. The molecular formula is C14H9BrClN5O. The van der Waals surface area contributed by atoms with Gasteiger partial charge in [0.1, 0.15) is 11.5 Å². The van der Waals surface area contributed by atoms with Gasteiger partial charge in [0, 0.05) is 6.20 Å². The number of para-hydroxylation sites is 1. The van der Waals surface area contributed by atoms with E-state index in [1.807, 2.05) is 18.2 Å². The Morgan fingerprint density at radius 1 is 1.18 bits per heavy atom. The van der Waals surface area contributed by atoms with Crippen molar-refractivity contribution in [3.05, 3.63) is 68.9 Å². The lowest BCUT2D eigenvalue weighted by molar-refractivity contribution is 0.809. The van der Waals surface area contributed by atoms with Crippen molar-refractivity contribution in [2.75, 3.05) is 5.32 Å². The van der Waals surface area contributed by atoms with Crippen molar-refractivity contribution in [2.45, 2.75) is 0 Å². The highest BCUT2D eigenvalue weighted by Gasteiger charge is 2.09. The van der Waals surface area contributed by atoms with Crippen LogP contribution < -0.4 is 10.9 Å². The lowest BCUT2D eigenvalue weighted by Gasteiger charge is -2.09. The van der Waals surface area contributed by atoms with Crippen molar-refractivity contribution in [3.8, 4) is 5.69 Å². The van der Waals surface area contributed by atoms with Crippen molar-refractivity contribution in [1.82, 2.24) is 19.7 Å². The largest absolute Gasteiger partial charge is 0.335 e. The number of nitrogens with zero attached hydrogens (tertiary/aromatic N) is 4. The second kappa shape index (κ2) is 6.25. The zero-order valence-corrected chi connectivity index (χ0v) is 13.4. The van der Waals surface area contributed by atoms with E-state index in [9.17, 15) is 4.79 Å². The van der Waals surface area contributed by atoms with E-state index >= 15 is 0 Å². The van der Waals surface area contributed by atoms with Crippen LogP contribution in [0, 0.1) is 0 Å². The molecule has 0 saturated heterocycles. The Morgan fingerprint density at radius 3 is 2.73 bits per heavy atom. The summed E-state index contributed by atoms with van der Waals surface area (Å²) in [5.41, 5.74) is 0.709. The van der Waals surface area contributed by atoms with Gasteiger partial charge in [0.05, 0.1) is 16.4 Å². The van der Waals surface area contributed by atoms with E-state index in [1.54, 1.807) is 18.2 Å². The zero-order valence-electron chi connectivity index (χ0n) is 11.1. The van der Waals surface area contributed by atoms with Crippen molar-refractivity contribution >= 4 is 39.0 Å². The minimum absolute atomic E-state index is 0.0862. The molecule has 0 aliphatic heterocycles. The Labute approximate surface area is 138 Å². The first-order chi connectivity index (χ1) is 10.6. The smallest absolute Gasteiger partial charge is 0.295 e. The fourth-order valence-electron chi connectivity index (χ4n) is 1.82. The summed E-state index contributed by atoms with van der Waals surface area (Å²) in [6.07, 6.45) is 3.04. The molecule has 0 radical (unpaired) electrons. The van der Waals surface area contributed by atoms with Gasteiger partial charge in [0.2, 0.25) is 5.28 Å². The van der Waals surface area contributed by atoms with E-state index in [-0.39, 0.29) is 10.8 Å². The van der Waals surface area contributed by atoms with E-state index in [2.05, 4.69) is 36.3 Å². The van der Waals surface area contributed by atoms with E-state index in [0.717, 1.165) is 0 Å². The average molecular weight is 379 g/mol. The summed E-state index contributed by atoms with van der Waals surface area (Å²) < 4.78 is 1.90. The number of benzene rings is 1. The molecular weight excluding hydrogens is 370 g/mol. The molecule has 0 fully saturated rings. The fraction of sp³-hybridized carbons (Fsp3) is 0. The van der Waals surface area contributed by atoms with E-state index in [1.165, 1.54) is 17.1 Å². The summed E-state index contributed by atoms with van der Waals surface area (Å²) in [6.45, 7) is 0. The first-order valence-electron chi connectivity index (χ1n) is 6.24. The van der Waals surface area contributed by atoms with Gasteiger partial charge in [-0.15, -0.1) is 0 Å². The molecule has 1 N–H and O–H groups in total. The molecule has 2 heterocycles. The van der Waals surface area contributed by atoms with Gasteiger partial charge in [-0.1, -0.05) is 18.2 Å². The van der Waals surface area contributed by atoms with Crippen LogP contribution >= 0.6 is 27.5 Å². The molecule has 6 nitrogen and oxygen atoms in total. The number of halogens is 2. The third-order valence-corrected chi connectivity index (χ3v) is 3.58. The molecule has 110 valence electrons. The lowest BCUT2D eigenvalue weighted by atomic mass is 10.3. The molecule has 1 aromatic carbocycles. The Balaban J connectivity index is 2.03. The monoisotopic (exact) mass is 377 g/mol. The molecule has 8 heteroatoms. The van der Waals surface area contributed by atoms with Gasteiger partial charge in [0.15, 0.2) is 0 Å². The maximum absolute atomic E-state index is 12.5. The van der Waals surface area contributed by atoms with Crippen molar-refractivity contribution in [1.29, 1.82) is 0 Å². The van der Waals surface area contributed by atoms with Crippen LogP contribution in [0.15, 0.2) is 58.1 Å². The predicted octanol–water partition coefficient (Wildman–Crippen LogP) is 3.18. The van der Waals surface area contributed by atoms with Crippen LogP contribution in [-0.2, 0) is 0 Å². The molecule has 0 amide bonds. The Morgan fingerprint density at radius 2 is 1.95 bits per heavy atom. The summed E-state index contributed by atoms with van der Waals surface area (Å²) in [5.74, 6) is 0.405. The number of hydrogen-bond donors (Lipinski definition) is 1. The van der Waals surface area contributed by atoms with Crippen LogP contribution in [0.25, 0.3) is 5.69 Å². The highest BCUT2D eigenvalue weighted by atomic mass is 79.9. The summed E-state index contributed by atoms with van der Waals surface area (Å²) in [6, 6.07) is 10.7. The summed E-state index contributed by atoms with van der Waals surface area (Å²) in [5, 5.41) is 7.11. The molecule has 2 aromatic heterocycles. The standard InChI is InChI=1S/C14H9BrClN5O/c15-10-8-17-14(16)20-12(10)19-11-6-7-18-21(13(11)22)9-4-2-1-3-5-9/h1-8H,(H,17,19,20). The van der Waals surface area contributed by atoms with Crippen molar-refractivity contribution in [2.24, 2.45) is 0 Å². The van der Waals surface area contributed by atoms with E-state index in [0.29, 0.717) is 21.7 Å². The minimum Gasteiger partial charge on any atom is -0.335 e. The number of nitrogens with one attached hydrogen (secondary N) is 1. The Hall–Kier alpha value is -2.25.